The lowest BCUT2D eigenvalue weighted by molar-refractivity contribution is -0.385. The minimum atomic E-state index is -0.477. The van der Waals surface area contributed by atoms with Crippen LogP contribution in [-0.2, 0) is 0 Å². The van der Waals surface area contributed by atoms with E-state index in [0.717, 1.165) is 11.3 Å². The van der Waals surface area contributed by atoms with E-state index in [1.54, 1.807) is 24.3 Å². The number of H-pyrrole nitrogens is 1. The molecule has 0 aliphatic carbocycles. The van der Waals surface area contributed by atoms with Gasteiger partial charge in [-0.2, -0.15) is 0 Å². The van der Waals surface area contributed by atoms with Gasteiger partial charge in [-0.15, -0.1) is 0 Å². The maximum atomic E-state index is 11.1. The average Bonchev–Trinajstić information content (AvgIpc) is 3.34. The molecule has 11 nitrogen and oxygen atoms in total. The number of anilines is 1. The second-order valence-corrected chi connectivity index (χ2v) is 7.90. The Hall–Kier alpha value is -4.61. The molecule has 0 spiro atoms. The van der Waals surface area contributed by atoms with Gasteiger partial charge in [0.15, 0.2) is 0 Å². The molecule has 1 heterocycles. The first-order valence-corrected chi connectivity index (χ1v) is 11.1. The number of nitro groups is 2. The Morgan fingerprint density at radius 2 is 1.19 bits per heavy atom. The van der Waals surface area contributed by atoms with Crippen molar-refractivity contribution in [3.8, 4) is 33.9 Å². The van der Waals surface area contributed by atoms with Crippen LogP contribution in [-0.4, -0.2) is 56.3 Å². The van der Waals surface area contributed by atoms with Crippen LogP contribution in [0.4, 0.5) is 17.1 Å². The zero-order valence-corrected chi connectivity index (χ0v) is 19.1. The fourth-order valence-corrected chi connectivity index (χ4v) is 3.86. The molecule has 4 rings (SSSR count). The summed E-state index contributed by atoms with van der Waals surface area (Å²) in [6.07, 6.45) is 0. The topological polar surface area (TPSA) is 159 Å². The summed E-state index contributed by atoms with van der Waals surface area (Å²) < 4.78 is 0. The van der Waals surface area contributed by atoms with Crippen molar-refractivity contribution in [3.05, 3.63) is 93.0 Å². The highest BCUT2D eigenvalue weighted by atomic mass is 16.6. The molecule has 1 aromatic heterocycles. The third-order valence-electron chi connectivity index (χ3n) is 5.67. The molecule has 3 aromatic carbocycles. The second kappa shape index (κ2) is 10.8. The standard InChI is InChI=1S/C25H23N5O6/c31-15-13-28(14-16-32)20-7-5-19(6-8-20)25-26-23(17-1-9-21(10-2-17)29(33)34)24(27-25)18-3-11-22(12-4-18)30(35)36/h1-12,31-32H,13-16H2,(H,26,27). The van der Waals surface area contributed by atoms with E-state index < -0.39 is 9.85 Å². The molecule has 0 fully saturated rings. The molecule has 0 bridgehead atoms. The molecule has 3 N–H and O–H groups in total. The largest absolute Gasteiger partial charge is 0.395 e. The molecule has 0 radical (unpaired) electrons. The van der Waals surface area contributed by atoms with Gasteiger partial charge in [0.2, 0.25) is 0 Å². The van der Waals surface area contributed by atoms with E-state index in [2.05, 4.69) is 4.98 Å². The van der Waals surface area contributed by atoms with Gasteiger partial charge in [0.1, 0.15) is 5.82 Å². The van der Waals surface area contributed by atoms with Crippen molar-refractivity contribution in [1.29, 1.82) is 0 Å². The van der Waals surface area contributed by atoms with Gasteiger partial charge < -0.3 is 20.1 Å². The smallest absolute Gasteiger partial charge is 0.269 e. The number of non-ortho nitro benzene ring substituents is 2. The number of aliphatic hydroxyl groups is 2. The highest BCUT2D eigenvalue weighted by molar-refractivity contribution is 5.82. The molecule has 36 heavy (non-hydrogen) atoms. The van der Waals surface area contributed by atoms with Gasteiger partial charge in [0, 0.05) is 59.7 Å². The van der Waals surface area contributed by atoms with Crippen LogP contribution in [0.25, 0.3) is 33.9 Å². The maximum absolute atomic E-state index is 11.1. The maximum Gasteiger partial charge on any atom is 0.269 e. The Morgan fingerprint density at radius 1 is 0.722 bits per heavy atom. The van der Waals surface area contributed by atoms with Crippen molar-refractivity contribution in [2.75, 3.05) is 31.2 Å². The number of aliphatic hydroxyl groups excluding tert-OH is 2. The van der Waals surface area contributed by atoms with Crippen molar-refractivity contribution in [2.45, 2.75) is 0 Å². The van der Waals surface area contributed by atoms with Crippen LogP contribution in [0.1, 0.15) is 0 Å². The lowest BCUT2D eigenvalue weighted by Crippen LogP contribution is -2.29. The number of imidazole rings is 1. The monoisotopic (exact) mass is 489 g/mol. The van der Waals surface area contributed by atoms with Crippen LogP contribution < -0.4 is 4.90 Å². The summed E-state index contributed by atoms with van der Waals surface area (Å²) in [4.78, 5) is 31.1. The second-order valence-electron chi connectivity index (χ2n) is 7.90. The molecular formula is C25H23N5O6. The summed E-state index contributed by atoms with van der Waals surface area (Å²) in [5.41, 5.74) is 3.98. The SMILES string of the molecule is O=[N+]([O-])c1ccc(-c2nc(-c3ccc(N(CCO)CCO)cc3)[nH]c2-c2ccc([N+](=O)[O-])cc2)cc1. The van der Waals surface area contributed by atoms with Crippen LogP contribution in [0.15, 0.2) is 72.8 Å². The number of nitrogens with zero attached hydrogens (tertiary/aromatic N) is 4. The molecule has 184 valence electrons. The van der Waals surface area contributed by atoms with Gasteiger partial charge >= 0.3 is 0 Å². The van der Waals surface area contributed by atoms with E-state index >= 15 is 0 Å². The van der Waals surface area contributed by atoms with Crippen LogP contribution in [0.5, 0.6) is 0 Å². The summed E-state index contributed by atoms with van der Waals surface area (Å²) in [7, 11) is 0. The molecule has 4 aromatic rings. The average molecular weight is 489 g/mol. The molecule has 0 unspecified atom stereocenters. The third-order valence-corrected chi connectivity index (χ3v) is 5.67. The minimum absolute atomic E-state index is 0.0405. The van der Waals surface area contributed by atoms with Gasteiger partial charge in [-0.05, 0) is 48.5 Å². The van der Waals surface area contributed by atoms with Gasteiger partial charge in [0.25, 0.3) is 11.4 Å². The predicted molar refractivity (Wildman–Crippen MR) is 135 cm³/mol. The summed E-state index contributed by atoms with van der Waals surface area (Å²) in [6, 6.07) is 19.5. The lowest BCUT2D eigenvalue weighted by atomic mass is 10.0. The fourth-order valence-electron chi connectivity index (χ4n) is 3.86. The highest BCUT2D eigenvalue weighted by Gasteiger charge is 2.18. The number of aromatic nitrogens is 2. The minimum Gasteiger partial charge on any atom is -0.395 e. The van der Waals surface area contributed by atoms with Crippen molar-refractivity contribution < 1.29 is 20.1 Å². The van der Waals surface area contributed by atoms with Crippen LogP contribution in [0.2, 0.25) is 0 Å². The quantitative estimate of drug-likeness (QED) is 0.222. The first kappa shape index (κ1) is 24.5. The number of benzene rings is 3. The first-order chi connectivity index (χ1) is 17.4. The first-order valence-electron chi connectivity index (χ1n) is 11.1. The predicted octanol–water partition coefficient (Wildman–Crippen LogP) is 4.02. The summed E-state index contributed by atoms with van der Waals surface area (Å²) >= 11 is 0. The number of nitrogens with one attached hydrogen (secondary N) is 1. The van der Waals surface area contributed by atoms with E-state index in [9.17, 15) is 30.4 Å². The summed E-state index contributed by atoms with van der Waals surface area (Å²) in [6.45, 7) is 0.679. The number of rotatable bonds is 10. The Labute approximate surface area is 205 Å². The lowest BCUT2D eigenvalue weighted by Gasteiger charge is -2.22. The fraction of sp³-hybridized carbons (Fsp3) is 0.160. The molecule has 0 aliphatic rings. The van der Waals surface area contributed by atoms with Gasteiger partial charge in [0.05, 0.1) is 34.4 Å². The molecule has 0 atom stereocenters. The Balaban J connectivity index is 1.76. The van der Waals surface area contributed by atoms with Crippen LogP contribution in [0, 0.1) is 20.2 Å². The number of hydrogen-bond donors (Lipinski definition) is 3. The molecule has 0 saturated carbocycles. The van der Waals surface area contributed by atoms with E-state index in [1.165, 1.54) is 24.3 Å². The van der Waals surface area contributed by atoms with Crippen LogP contribution in [0.3, 0.4) is 0 Å². The molecular weight excluding hydrogens is 466 g/mol. The summed E-state index contributed by atoms with van der Waals surface area (Å²) in [5.74, 6) is 0.541. The highest BCUT2D eigenvalue weighted by Crippen LogP contribution is 2.35. The Kier molecular flexibility index (Phi) is 7.33. The zero-order valence-electron chi connectivity index (χ0n) is 19.1. The van der Waals surface area contributed by atoms with E-state index in [1.807, 2.05) is 29.2 Å². The van der Waals surface area contributed by atoms with Crippen molar-refractivity contribution in [1.82, 2.24) is 9.97 Å². The van der Waals surface area contributed by atoms with Gasteiger partial charge in [-0.25, -0.2) is 4.98 Å². The Morgan fingerprint density at radius 3 is 1.67 bits per heavy atom. The third kappa shape index (κ3) is 5.22. The van der Waals surface area contributed by atoms with E-state index in [4.69, 9.17) is 4.98 Å². The number of aromatic amines is 1. The van der Waals surface area contributed by atoms with E-state index in [-0.39, 0.29) is 24.6 Å². The number of nitro benzene ring substituents is 2. The zero-order chi connectivity index (χ0) is 25.7. The van der Waals surface area contributed by atoms with Crippen LogP contribution >= 0.6 is 0 Å². The van der Waals surface area contributed by atoms with Crippen molar-refractivity contribution in [2.24, 2.45) is 0 Å². The van der Waals surface area contributed by atoms with Crippen molar-refractivity contribution >= 4 is 17.1 Å². The van der Waals surface area contributed by atoms with Crippen molar-refractivity contribution in [3.63, 3.8) is 0 Å². The molecule has 11 heteroatoms. The van der Waals surface area contributed by atoms with Gasteiger partial charge in [-0.3, -0.25) is 20.2 Å². The molecule has 0 saturated heterocycles. The normalized spacial score (nSPS) is 10.8. The van der Waals surface area contributed by atoms with Gasteiger partial charge in [-0.1, -0.05) is 0 Å². The number of hydrogen-bond acceptors (Lipinski definition) is 8. The van der Waals surface area contributed by atoms with E-state index in [0.29, 0.717) is 41.4 Å². The molecule has 0 aliphatic heterocycles. The summed E-state index contributed by atoms with van der Waals surface area (Å²) in [5, 5.41) is 40.7. The Bertz CT molecular complexity index is 1270. The molecule has 0 amide bonds.